The van der Waals surface area contributed by atoms with Crippen LogP contribution < -0.4 is 0 Å². The van der Waals surface area contributed by atoms with Gasteiger partial charge in [0.05, 0.1) is 0 Å². The summed E-state index contributed by atoms with van der Waals surface area (Å²) in [5.74, 6) is -1.57. The average Bonchev–Trinajstić information content (AvgIpc) is 2.08. The molecule has 0 amide bonds. The molecule has 0 heterocycles. The van der Waals surface area contributed by atoms with Gasteiger partial charge in [0.2, 0.25) is 6.17 Å². The lowest BCUT2D eigenvalue weighted by molar-refractivity contribution is -0.177. The Labute approximate surface area is 82.9 Å². The van der Waals surface area contributed by atoms with Crippen LogP contribution in [0.4, 0.5) is 4.39 Å². The van der Waals surface area contributed by atoms with Crippen molar-refractivity contribution in [2.45, 2.75) is 51.3 Å². The number of carboxylic acids is 1. The van der Waals surface area contributed by atoms with Crippen molar-refractivity contribution < 1.29 is 19.4 Å². The summed E-state index contributed by atoms with van der Waals surface area (Å²) in [5, 5.41) is 18.7. The summed E-state index contributed by atoms with van der Waals surface area (Å²) in [7, 11) is 0. The number of alkyl halides is 1. The van der Waals surface area contributed by atoms with Gasteiger partial charge in [-0.2, -0.15) is 0 Å². The molecule has 0 aromatic carbocycles. The van der Waals surface area contributed by atoms with E-state index < -0.39 is 23.2 Å². The average molecular weight is 204 g/mol. The van der Waals surface area contributed by atoms with Crippen LogP contribution in [0, 0.1) is 5.41 Å². The molecule has 1 aliphatic rings. The lowest BCUT2D eigenvalue weighted by atomic mass is 9.63. The van der Waals surface area contributed by atoms with E-state index >= 15 is 0 Å². The largest absolute Gasteiger partial charge is 0.479 e. The number of aliphatic carboxylic acids is 1. The van der Waals surface area contributed by atoms with Gasteiger partial charge in [0, 0.05) is 0 Å². The Morgan fingerprint density at radius 1 is 1.36 bits per heavy atom. The van der Waals surface area contributed by atoms with Gasteiger partial charge in [0.25, 0.3) is 0 Å². The van der Waals surface area contributed by atoms with Crippen LogP contribution in [-0.4, -0.2) is 28.0 Å². The first-order valence-corrected chi connectivity index (χ1v) is 4.90. The van der Waals surface area contributed by atoms with E-state index in [4.69, 9.17) is 5.11 Å². The second-order valence-electron chi connectivity index (χ2n) is 4.72. The second kappa shape index (κ2) is 3.50. The Balaban J connectivity index is 2.94. The Morgan fingerprint density at radius 2 is 1.86 bits per heavy atom. The van der Waals surface area contributed by atoms with E-state index in [0.29, 0.717) is 12.8 Å². The Bertz CT molecular complexity index is 240. The lowest BCUT2D eigenvalue weighted by Gasteiger charge is -2.46. The zero-order valence-corrected chi connectivity index (χ0v) is 8.59. The Hall–Kier alpha value is -0.640. The van der Waals surface area contributed by atoms with Gasteiger partial charge in [0.1, 0.15) is 5.60 Å². The number of carboxylic acid groups (broad SMARTS) is 1. The summed E-state index contributed by atoms with van der Waals surface area (Å²) in [4.78, 5) is 10.6. The number of hydrogen-bond acceptors (Lipinski definition) is 2. The predicted molar refractivity (Wildman–Crippen MR) is 49.7 cm³/mol. The molecule has 4 heteroatoms. The number of rotatable bonds is 2. The highest BCUT2D eigenvalue weighted by Gasteiger charge is 2.53. The van der Waals surface area contributed by atoms with Crippen LogP contribution in [-0.2, 0) is 4.79 Å². The van der Waals surface area contributed by atoms with Crippen LogP contribution in [0.25, 0.3) is 0 Å². The quantitative estimate of drug-likeness (QED) is 0.720. The lowest BCUT2D eigenvalue weighted by Crippen LogP contribution is -2.56. The minimum Gasteiger partial charge on any atom is -0.479 e. The molecule has 0 aromatic rings. The smallest absolute Gasteiger partial charge is 0.341 e. The first-order chi connectivity index (χ1) is 6.31. The van der Waals surface area contributed by atoms with E-state index in [1.165, 1.54) is 0 Å². The van der Waals surface area contributed by atoms with Crippen molar-refractivity contribution in [3.05, 3.63) is 0 Å². The van der Waals surface area contributed by atoms with Crippen molar-refractivity contribution in [3.63, 3.8) is 0 Å². The molecule has 0 aliphatic heterocycles. The van der Waals surface area contributed by atoms with E-state index in [1.807, 2.05) is 0 Å². The van der Waals surface area contributed by atoms with Crippen LogP contribution in [0.15, 0.2) is 0 Å². The Kier molecular flexibility index (Phi) is 2.86. The molecule has 0 spiro atoms. The van der Waals surface area contributed by atoms with Crippen molar-refractivity contribution >= 4 is 5.97 Å². The maximum Gasteiger partial charge on any atom is 0.341 e. The summed E-state index contributed by atoms with van der Waals surface area (Å²) in [6.07, 6.45) is 0.317. The molecule has 14 heavy (non-hydrogen) atoms. The van der Waals surface area contributed by atoms with E-state index in [1.54, 1.807) is 13.8 Å². The van der Waals surface area contributed by atoms with Crippen LogP contribution in [0.1, 0.15) is 39.5 Å². The summed E-state index contributed by atoms with van der Waals surface area (Å²) < 4.78 is 13.4. The zero-order chi connectivity index (χ0) is 11.0. The molecule has 0 radical (unpaired) electrons. The third-order valence-corrected chi connectivity index (χ3v) is 3.42. The SMILES string of the molecule is CC1(C)CCCCC1(O)C(F)C(=O)O. The van der Waals surface area contributed by atoms with Gasteiger partial charge >= 0.3 is 5.97 Å². The van der Waals surface area contributed by atoms with Crippen LogP contribution in [0.3, 0.4) is 0 Å². The molecule has 1 fully saturated rings. The minimum absolute atomic E-state index is 0.230. The molecular formula is C10H17FO3. The molecule has 2 N–H and O–H groups in total. The molecule has 3 nitrogen and oxygen atoms in total. The van der Waals surface area contributed by atoms with Crippen molar-refractivity contribution in [2.24, 2.45) is 5.41 Å². The first-order valence-electron chi connectivity index (χ1n) is 4.90. The molecular weight excluding hydrogens is 187 g/mol. The normalized spacial score (nSPS) is 33.7. The highest BCUT2D eigenvalue weighted by Crippen LogP contribution is 2.46. The van der Waals surface area contributed by atoms with Gasteiger partial charge in [-0.1, -0.05) is 26.7 Å². The topological polar surface area (TPSA) is 57.5 Å². The number of hydrogen-bond donors (Lipinski definition) is 2. The fourth-order valence-electron chi connectivity index (χ4n) is 2.19. The number of aliphatic hydroxyl groups is 1. The molecule has 1 saturated carbocycles. The fraction of sp³-hybridized carbons (Fsp3) is 0.900. The van der Waals surface area contributed by atoms with E-state index in [9.17, 15) is 14.3 Å². The third-order valence-electron chi connectivity index (χ3n) is 3.42. The maximum absolute atomic E-state index is 13.4. The van der Waals surface area contributed by atoms with Crippen molar-refractivity contribution in [2.75, 3.05) is 0 Å². The summed E-state index contributed by atoms with van der Waals surface area (Å²) >= 11 is 0. The fourth-order valence-corrected chi connectivity index (χ4v) is 2.19. The Morgan fingerprint density at radius 3 is 2.29 bits per heavy atom. The highest BCUT2D eigenvalue weighted by molar-refractivity contribution is 5.74. The molecule has 2 atom stereocenters. The summed E-state index contributed by atoms with van der Waals surface area (Å²) in [6.45, 7) is 3.45. The number of carbonyl (C=O) groups is 1. The molecule has 1 aliphatic carbocycles. The van der Waals surface area contributed by atoms with Crippen LogP contribution in [0.2, 0.25) is 0 Å². The van der Waals surface area contributed by atoms with E-state index in [0.717, 1.165) is 6.42 Å². The van der Waals surface area contributed by atoms with Crippen LogP contribution in [0.5, 0.6) is 0 Å². The first kappa shape index (κ1) is 11.4. The third kappa shape index (κ3) is 1.63. The standard InChI is InChI=1S/C10H17FO3/c1-9(2)5-3-4-6-10(9,14)7(11)8(12)13/h7,14H,3-6H2,1-2H3,(H,12,13). The zero-order valence-electron chi connectivity index (χ0n) is 8.59. The van der Waals surface area contributed by atoms with Gasteiger partial charge in [-0.15, -0.1) is 0 Å². The molecule has 0 saturated heterocycles. The van der Waals surface area contributed by atoms with Crippen LogP contribution >= 0.6 is 0 Å². The van der Waals surface area contributed by atoms with Gasteiger partial charge in [0.15, 0.2) is 0 Å². The predicted octanol–water partition coefficient (Wildman–Crippen LogP) is 1.74. The van der Waals surface area contributed by atoms with Crippen molar-refractivity contribution in [3.8, 4) is 0 Å². The number of halogens is 1. The minimum atomic E-state index is -2.18. The monoisotopic (exact) mass is 204 g/mol. The van der Waals surface area contributed by atoms with Gasteiger partial charge < -0.3 is 10.2 Å². The van der Waals surface area contributed by atoms with Gasteiger partial charge in [-0.05, 0) is 18.3 Å². The maximum atomic E-state index is 13.4. The summed E-state index contributed by atoms with van der Waals surface area (Å²) in [6, 6.07) is 0. The van der Waals surface area contributed by atoms with Crippen molar-refractivity contribution in [1.82, 2.24) is 0 Å². The van der Waals surface area contributed by atoms with E-state index in [2.05, 4.69) is 0 Å². The summed E-state index contributed by atoms with van der Waals surface area (Å²) in [5.41, 5.74) is -2.37. The molecule has 1 rings (SSSR count). The van der Waals surface area contributed by atoms with Gasteiger partial charge in [-0.25, -0.2) is 9.18 Å². The molecule has 82 valence electrons. The molecule has 2 unspecified atom stereocenters. The van der Waals surface area contributed by atoms with Crippen molar-refractivity contribution in [1.29, 1.82) is 0 Å². The van der Waals surface area contributed by atoms with E-state index in [-0.39, 0.29) is 6.42 Å². The highest BCUT2D eigenvalue weighted by atomic mass is 19.1. The second-order valence-corrected chi connectivity index (χ2v) is 4.72. The molecule has 0 aromatic heterocycles. The molecule has 0 bridgehead atoms. The van der Waals surface area contributed by atoms with Gasteiger partial charge in [-0.3, -0.25) is 0 Å².